The first kappa shape index (κ1) is 14.0. The van der Waals surface area contributed by atoms with Crippen LogP contribution in [-0.4, -0.2) is 25.9 Å². The van der Waals surface area contributed by atoms with E-state index in [2.05, 4.69) is 17.1 Å². The van der Waals surface area contributed by atoms with Gasteiger partial charge in [-0.2, -0.15) is 4.98 Å². The summed E-state index contributed by atoms with van der Waals surface area (Å²) in [5.41, 5.74) is 0. The zero-order chi connectivity index (χ0) is 14.2. The second-order valence-electron chi connectivity index (χ2n) is 6.45. The highest BCUT2D eigenvalue weighted by Gasteiger charge is 2.29. The maximum Gasteiger partial charge on any atom is 0.229 e. The summed E-state index contributed by atoms with van der Waals surface area (Å²) in [6, 6.07) is 0. The minimum Gasteiger partial charge on any atom is -0.339 e. The zero-order valence-corrected chi connectivity index (χ0v) is 12.8. The first-order chi connectivity index (χ1) is 9.53. The molecule has 2 fully saturated rings. The van der Waals surface area contributed by atoms with Crippen LogP contribution in [-0.2, 0) is 9.73 Å². The van der Waals surface area contributed by atoms with E-state index in [1.807, 2.05) is 0 Å². The molecule has 1 aliphatic heterocycles. The lowest BCUT2D eigenvalue weighted by atomic mass is 9.82. The van der Waals surface area contributed by atoms with Crippen LogP contribution in [0.4, 0.5) is 0 Å². The van der Waals surface area contributed by atoms with Gasteiger partial charge in [-0.3, -0.25) is 4.78 Å². The van der Waals surface area contributed by atoms with Gasteiger partial charge in [0.1, 0.15) is 0 Å². The molecule has 1 aromatic heterocycles. The fraction of sp³-hybridized carbons (Fsp3) is 0.857. The Kier molecular flexibility index (Phi) is 3.84. The van der Waals surface area contributed by atoms with Crippen LogP contribution in [0.25, 0.3) is 0 Å². The lowest BCUT2D eigenvalue weighted by Gasteiger charge is -2.23. The second kappa shape index (κ2) is 5.47. The number of rotatable bonds is 2. The van der Waals surface area contributed by atoms with Crippen LogP contribution in [0.2, 0.25) is 0 Å². The quantitative estimate of drug-likeness (QED) is 0.908. The summed E-state index contributed by atoms with van der Waals surface area (Å²) in [5, 5.41) is 4.15. The molecule has 1 saturated heterocycles. The van der Waals surface area contributed by atoms with E-state index in [9.17, 15) is 4.21 Å². The van der Waals surface area contributed by atoms with Crippen molar-refractivity contribution in [3.63, 3.8) is 0 Å². The first-order valence-electron chi connectivity index (χ1n) is 7.61. The molecule has 0 bridgehead atoms. The minimum atomic E-state index is -2.33. The summed E-state index contributed by atoms with van der Waals surface area (Å²) >= 11 is 0. The van der Waals surface area contributed by atoms with Crippen molar-refractivity contribution in [3.8, 4) is 0 Å². The largest absolute Gasteiger partial charge is 0.339 e. The van der Waals surface area contributed by atoms with E-state index in [4.69, 9.17) is 9.30 Å². The van der Waals surface area contributed by atoms with Gasteiger partial charge in [0.25, 0.3) is 0 Å². The number of nitrogens with one attached hydrogen (secondary N) is 1. The highest BCUT2D eigenvalue weighted by molar-refractivity contribution is 7.92. The Labute approximate surface area is 120 Å². The van der Waals surface area contributed by atoms with Gasteiger partial charge in [0.05, 0.1) is 0 Å². The first-order valence-corrected chi connectivity index (χ1v) is 9.51. The van der Waals surface area contributed by atoms with Crippen LogP contribution in [0.15, 0.2) is 4.52 Å². The lowest BCUT2D eigenvalue weighted by molar-refractivity contribution is 0.275. The number of hydrogen-bond donors (Lipinski definition) is 1. The fourth-order valence-corrected chi connectivity index (χ4v) is 4.94. The lowest BCUT2D eigenvalue weighted by Crippen LogP contribution is -2.21. The van der Waals surface area contributed by atoms with Crippen molar-refractivity contribution in [1.82, 2.24) is 10.1 Å². The Morgan fingerprint density at radius 2 is 1.95 bits per heavy atom. The van der Waals surface area contributed by atoms with Gasteiger partial charge in [-0.15, -0.1) is 0 Å². The van der Waals surface area contributed by atoms with Crippen LogP contribution in [0.1, 0.15) is 69.0 Å². The van der Waals surface area contributed by atoms with Crippen LogP contribution < -0.4 is 0 Å². The van der Waals surface area contributed by atoms with E-state index in [0.717, 1.165) is 43.3 Å². The van der Waals surface area contributed by atoms with E-state index in [1.54, 1.807) is 0 Å². The summed E-state index contributed by atoms with van der Waals surface area (Å²) in [4.78, 5) is 4.61. The molecular weight excluding hydrogens is 274 g/mol. The van der Waals surface area contributed by atoms with E-state index in [0.29, 0.717) is 17.4 Å². The molecule has 2 atom stereocenters. The van der Waals surface area contributed by atoms with Gasteiger partial charge in [0, 0.05) is 33.1 Å². The molecular formula is C14H23N3O2S. The van der Waals surface area contributed by atoms with Crippen LogP contribution >= 0.6 is 0 Å². The molecule has 0 radical (unpaired) electrons. The van der Waals surface area contributed by atoms with E-state index in [-0.39, 0.29) is 5.92 Å². The summed E-state index contributed by atoms with van der Waals surface area (Å²) < 4.78 is 24.8. The zero-order valence-electron chi connectivity index (χ0n) is 12.0. The number of nitrogens with zero attached hydrogens (tertiary/aromatic N) is 2. The van der Waals surface area contributed by atoms with Gasteiger partial charge in [-0.05, 0) is 31.6 Å². The second-order valence-corrected chi connectivity index (χ2v) is 8.89. The highest BCUT2D eigenvalue weighted by Crippen LogP contribution is 2.36. The molecule has 112 valence electrons. The van der Waals surface area contributed by atoms with Gasteiger partial charge in [0.2, 0.25) is 5.89 Å². The molecule has 3 rings (SSSR count). The molecule has 0 spiro atoms. The van der Waals surface area contributed by atoms with Crippen molar-refractivity contribution < 1.29 is 8.73 Å². The van der Waals surface area contributed by atoms with Crippen molar-refractivity contribution >= 4 is 9.73 Å². The molecule has 20 heavy (non-hydrogen) atoms. The maximum atomic E-state index is 11.7. The molecule has 1 aliphatic carbocycles. The topological polar surface area (TPSA) is 79.8 Å². The van der Waals surface area contributed by atoms with Gasteiger partial charge < -0.3 is 4.52 Å². The van der Waals surface area contributed by atoms with Crippen molar-refractivity contribution in [2.24, 2.45) is 5.92 Å². The molecule has 1 N–H and O–H groups in total. The third-order valence-corrected chi connectivity index (χ3v) is 6.49. The Hall–Kier alpha value is -0.910. The molecule has 1 saturated carbocycles. The van der Waals surface area contributed by atoms with Crippen molar-refractivity contribution in [1.29, 1.82) is 4.78 Å². The van der Waals surface area contributed by atoms with Gasteiger partial charge >= 0.3 is 0 Å². The van der Waals surface area contributed by atoms with Crippen LogP contribution in [0.3, 0.4) is 0 Å². The van der Waals surface area contributed by atoms with Crippen molar-refractivity contribution in [3.05, 3.63) is 11.7 Å². The Morgan fingerprint density at radius 1 is 1.20 bits per heavy atom. The molecule has 2 aliphatic rings. The van der Waals surface area contributed by atoms with Crippen molar-refractivity contribution in [2.45, 2.75) is 57.3 Å². The molecule has 0 aromatic carbocycles. The van der Waals surface area contributed by atoms with Gasteiger partial charge in [-0.1, -0.05) is 24.9 Å². The van der Waals surface area contributed by atoms with Crippen LogP contribution in [0, 0.1) is 10.7 Å². The van der Waals surface area contributed by atoms with Crippen molar-refractivity contribution in [2.75, 3.05) is 11.5 Å². The SMILES string of the molecule is CC1CCCC(c2nc(C3CCS(=N)(=O)CC3)no2)C1. The molecule has 0 amide bonds. The Balaban J connectivity index is 1.68. The fourth-order valence-electron chi connectivity index (χ4n) is 3.41. The van der Waals surface area contributed by atoms with E-state index in [1.165, 1.54) is 12.8 Å². The Bertz CT molecular complexity index is 553. The molecule has 1 aromatic rings. The van der Waals surface area contributed by atoms with Crippen LogP contribution in [0.5, 0.6) is 0 Å². The standard InChI is InChI=1S/C14H23N3O2S/c1-10-3-2-4-12(9-10)14-16-13(17-19-14)11-5-7-20(15,18)8-6-11/h10-12,15H,2-9H2,1H3. The highest BCUT2D eigenvalue weighted by atomic mass is 32.2. The third kappa shape index (κ3) is 3.05. The van der Waals surface area contributed by atoms with Gasteiger partial charge in [-0.25, -0.2) is 4.21 Å². The van der Waals surface area contributed by atoms with E-state index >= 15 is 0 Å². The molecule has 6 heteroatoms. The smallest absolute Gasteiger partial charge is 0.229 e. The van der Waals surface area contributed by atoms with Gasteiger partial charge in [0.15, 0.2) is 5.82 Å². The average molecular weight is 297 g/mol. The summed E-state index contributed by atoms with van der Waals surface area (Å²) in [6.07, 6.45) is 6.35. The Morgan fingerprint density at radius 3 is 2.65 bits per heavy atom. The molecule has 2 unspecified atom stereocenters. The number of aromatic nitrogens is 2. The molecule has 2 heterocycles. The summed E-state index contributed by atoms with van der Waals surface area (Å²) in [7, 11) is -2.33. The summed E-state index contributed by atoms with van der Waals surface area (Å²) in [5.74, 6) is 3.91. The van der Waals surface area contributed by atoms with E-state index < -0.39 is 9.73 Å². The third-order valence-electron chi connectivity index (χ3n) is 4.70. The normalized spacial score (nSPS) is 38.8. The monoisotopic (exact) mass is 297 g/mol. The predicted octanol–water partition coefficient (Wildman–Crippen LogP) is 3.29. The predicted molar refractivity (Wildman–Crippen MR) is 77.2 cm³/mol. The minimum absolute atomic E-state index is 0.230. The summed E-state index contributed by atoms with van der Waals surface area (Å²) in [6.45, 7) is 2.29. The number of hydrogen-bond acceptors (Lipinski definition) is 5. The average Bonchev–Trinajstić information content (AvgIpc) is 2.88. The maximum absolute atomic E-state index is 11.7. The molecule has 5 nitrogen and oxygen atoms in total.